The van der Waals surface area contributed by atoms with Crippen LogP contribution < -0.4 is 20.8 Å². The number of allylic oxidation sites excluding steroid dienone is 5. The van der Waals surface area contributed by atoms with Gasteiger partial charge in [0.1, 0.15) is 44.3 Å². The minimum atomic E-state index is -5.85. The molecule has 7 atom stereocenters. The van der Waals surface area contributed by atoms with E-state index in [0.717, 1.165) is 51.1 Å². The number of aliphatic hydroxyl groups is 2. The average Bonchev–Trinajstić information content (AvgIpc) is 3.90. The first-order valence-corrected chi connectivity index (χ1v) is 28.5. The van der Waals surface area contributed by atoms with Crippen LogP contribution in [0.15, 0.2) is 84.5 Å². The highest BCUT2D eigenvalue weighted by Crippen LogP contribution is 2.66. The second-order valence-electron chi connectivity index (χ2n) is 19.2. The van der Waals surface area contributed by atoms with E-state index in [4.69, 9.17) is 10.5 Å². The van der Waals surface area contributed by atoms with Crippen molar-refractivity contribution in [2.75, 3.05) is 72.2 Å². The number of carbonyl (C=O) groups is 2. The molecule has 0 spiro atoms. The summed E-state index contributed by atoms with van der Waals surface area (Å²) < 4.78 is 63.5. The number of fused-ring (bicyclic) bond motifs is 3. The number of rotatable bonds is 23. The van der Waals surface area contributed by atoms with E-state index in [1.54, 1.807) is 11.9 Å². The second-order valence-corrected chi connectivity index (χ2v) is 23.8. The fourth-order valence-electron chi connectivity index (χ4n) is 9.06. The maximum atomic E-state index is 14.2. The van der Waals surface area contributed by atoms with Crippen molar-refractivity contribution in [3.05, 3.63) is 107 Å². The zero-order valence-corrected chi connectivity index (χ0v) is 45.3. The van der Waals surface area contributed by atoms with Crippen molar-refractivity contribution in [2.45, 2.75) is 82.3 Å². The van der Waals surface area contributed by atoms with E-state index in [2.05, 4.69) is 97.7 Å². The van der Waals surface area contributed by atoms with Gasteiger partial charge in [0.2, 0.25) is 5.91 Å². The molecule has 24 nitrogen and oxygen atoms in total. The van der Waals surface area contributed by atoms with Gasteiger partial charge in [-0.1, -0.05) is 51.0 Å². The van der Waals surface area contributed by atoms with Crippen molar-refractivity contribution in [3.8, 4) is 0 Å². The molecule has 0 bridgehead atoms. The maximum absolute atomic E-state index is 14.2. The van der Waals surface area contributed by atoms with Gasteiger partial charge in [0.25, 0.3) is 13.7 Å². The summed E-state index contributed by atoms with van der Waals surface area (Å²) >= 11 is 0. The van der Waals surface area contributed by atoms with Crippen LogP contribution in [0.2, 0.25) is 0 Å². The number of benzene rings is 2. The summed E-state index contributed by atoms with van der Waals surface area (Å²) in [5.74, 6) is -0.332. The van der Waals surface area contributed by atoms with Crippen LogP contribution >= 0.6 is 23.5 Å². The van der Waals surface area contributed by atoms with Gasteiger partial charge in [-0.2, -0.15) is 4.31 Å². The van der Waals surface area contributed by atoms with Gasteiger partial charge in [-0.05, 0) is 76.9 Å². The van der Waals surface area contributed by atoms with Crippen LogP contribution in [0.1, 0.15) is 85.6 Å². The normalized spacial score (nSPS) is 21.4. The van der Waals surface area contributed by atoms with Gasteiger partial charge in [-0.25, -0.2) is 33.0 Å². The highest BCUT2D eigenvalue weighted by Gasteiger charge is 2.47. The lowest BCUT2D eigenvalue weighted by atomic mass is 9.64. The van der Waals surface area contributed by atoms with E-state index < -0.39 is 61.2 Å². The predicted octanol–water partition coefficient (Wildman–Crippen LogP) is 4.36. The average molecular weight is 1100 g/mol. The molecule has 1 saturated heterocycles. The number of nitrogens with two attached hydrogens (primary N) is 1. The Kier molecular flexibility index (Phi) is 18.0. The molecule has 3 aliphatic rings. The summed E-state index contributed by atoms with van der Waals surface area (Å²) in [6.45, 7) is 3.69. The molecule has 3 heterocycles. The van der Waals surface area contributed by atoms with Crippen LogP contribution in [0.3, 0.4) is 0 Å². The lowest BCUT2D eigenvalue weighted by Gasteiger charge is -2.39. The topological polar surface area (TPSA) is 327 Å². The van der Waals surface area contributed by atoms with Gasteiger partial charge in [0.15, 0.2) is 23.4 Å². The molecule has 2 aromatic carbocycles. The number of ether oxygens (including phenoxy) is 1. The Morgan fingerprint density at radius 2 is 1.65 bits per heavy atom. The number of nitrogens with zero attached hydrogens (tertiary/aromatic N) is 7. The molecule has 2 aromatic heterocycles. The Hall–Kier alpha value is -5.29. The minimum Gasteiger partial charge on any atom is -0.756 e. The molecule has 2 aliphatic carbocycles. The first-order chi connectivity index (χ1) is 35.3. The van der Waals surface area contributed by atoms with E-state index in [-0.39, 0.29) is 47.1 Å². The summed E-state index contributed by atoms with van der Waals surface area (Å²) in [5, 5.41) is 23.9. The van der Waals surface area contributed by atoms with Crippen molar-refractivity contribution in [1.29, 1.82) is 0 Å². The number of aromatic nitrogens is 4. The number of carbonyl (C=O) groups excluding carboxylic acids is 2. The number of amides is 2. The van der Waals surface area contributed by atoms with Gasteiger partial charge >= 0.3 is 15.6 Å². The van der Waals surface area contributed by atoms with Crippen molar-refractivity contribution >= 4 is 69.2 Å². The van der Waals surface area contributed by atoms with Gasteiger partial charge in [0.05, 0.1) is 19.5 Å². The monoisotopic (exact) mass is 1100 g/mol. The SMILES string of the molecule is CN(CCCC(=O)NCCCCCCOP(=O)([O-])OP(=O)(O)OP(=O)(O)OC[C@H]1O[C@@H](n2cnc3c(N)ncnc32)[C@H](O)[C@@H]1O)C(=O)c1ccccc1C1=C2C=CC(=[N+](C)C)C=C2C(C)(C)c2cc(N(C)C)ccc21. The quantitative estimate of drug-likeness (QED) is 0.0341. The van der Waals surface area contributed by atoms with Gasteiger partial charge in [-0.3, -0.25) is 23.2 Å². The standard InChI is InChI=1S/C48H64N9O15P3/c1-48(2)36-25-30(54(3)4)18-20-34(36)40(35-21-19-31(55(5)6)26-37(35)48)32-15-10-11-16-33(32)46(61)56(7)23-14-17-39(58)50-22-12-8-9-13-24-68-73(62,63)71-75(66,67)72-74(64,65)69-27-38-42(59)43(60)47(70-38)57-29-53-41-44(49)51-28-52-45(41)57/h10-11,15-16,18-21,25-26,28-29,38,42-43,47,59-60H,8-9,12-14,17,22-24,27H2,1-7H3,(H5-,49,50,51,52,58,62,63,64,65,66,67)/t38-,42-,43-,47-/m1/s1. The van der Waals surface area contributed by atoms with E-state index in [1.165, 1.54) is 10.9 Å². The van der Waals surface area contributed by atoms with Crippen molar-refractivity contribution in [3.63, 3.8) is 0 Å². The summed E-state index contributed by atoms with van der Waals surface area (Å²) in [6, 6.07) is 14.1. The molecule has 1 fully saturated rings. The number of nitrogens with one attached hydrogen (secondary N) is 1. The number of nitrogen functional groups attached to an aromatic ring is 1. The fourth-order valence-corrected chi connectivity index (χ4v) is 12.6. The third kappa shape index (κ3) is 13.5. The van der Waals surface area contributed by atoms with Gasteiger partial charge in [0, 0.05) is 69.5 Å². The van der Waals surface area contributed by atoms with Crippen LogP contribution in [0.4, 0.5) is 11.5 Å². The Bertz CT molecular complexity index is 3080. The van der Waals surface area contributed by atoms with Crippen molar-refractivity contribution < 1.29 is 75.2 Å². The molecule has 1 aliphatic heterocycles. The number of phosphoric acid groups is 3. The third-order valence-electron chi connectivity index (χ3n) is 13.0. The van der Waals surface area contributed by atoms with E-state index >= 15 is 0 Å². The minimum absolute atomic E-state index is 0.0300. The summed E-state index contributed by atoms with van der Waals surface area (Å²) in [7, 11) is -7.18. The predicted molar refractivity (Wildman–Crippen MR) is 275 cm³/mol. The molecule has 406 valence electrons. The smallest absolute Gasteiger partial charge is 0.487 e. The van der Waals surface area contributed by atoms with E-state index in [9.17, 15) is 48.2 Å². The molecule has 2 amide bonds. The Morgan fingerprint density at radius 3 is 2.39 bits per heavy atom. The number of anilines is 2. The van der Waals surface area contributed by atoms with Crippen LogP contribution in [-0.4, -0.2) is 146 Å². The zero-order chi connectivity index (χ0) is 54.6. The van der Waals surface area contributed by atoms with Crippen LogP contribution in [-0.2, 0) is 46.3 Å². The Balaban J connectivity index is 0.813. The lowest BCUT2D eigenvalue weighted by molar-refractivity contribution is -0.462. The number of unbranched alkanes of at least 4 members (excludes halogenated alkanes) is 3. The van der Waals surface area contributed by atoms with Crippen molar-refractivity contribution in [2.24, 2.45) is 0 Å². The number of phosphoric ester groups is 2. The highest BCUT2D eigenvalue weighted by molar-refractivity contribution is 7.66. The molecule has 3 unspecified atom stereocenters. The lowest BCUT2D eigenvalue weighted by Crippen LogP contribution is -2.33. The first kappa shape index (κ1) is 57.4. The van der Waals surface area contributed by atoms with Gasteiger partial charge < -0.3 is 55.0 Å². The van der Waals surface area contributed by atoms with Crippen LogP contribution in [0, 0.1) is 0 Å². The van der Waals surface area contributed by atoms with Crippen LogP contribution in [0.5, 0.6) is 0 Å². The highest BCUT2D eigenvalue weighted by atomic mass is 31.3. The van der Waals surface area contributed by atoms with E-state index in [0.29, 0.717) is 44.3 Å². The maximum Gasteiger partial charge on any atom is 0.487 e. The molecule has 75 heavy (non-hydrogen) atoms. The molecule has 7 N–H and O–H groups in total. The Labute approximate surface area is 434 Å². The number of hydrogen-bond acceptors (Lipinski definition) is 18. The summed E-state index contributed by atoms with van der Waals surface area (Å²) in [4.78, 5) is 74.9. The summed E-state index contributed by atoms with van der Waals surface area (Å²) in [6.07, 6.45) is 4.92. The Morgan fingerprint density at radius 1 is 0.920 bits per heavy atom. The molecule has 27 heteroatoms. The van der Waals surface area contributed by atoms with E-state index in [1.807, 2.05) is 52.5 Å². The molecular weight excluding hydrogens is 1040 g/mol. The fraction of sp³-hybridized carbons (Fsp3) is 0.458. The number of aliphatic hydroxyl groups excluding tert-OH is 2. The first-order valence-electron chi connectivity index (χ1n) is 24.1. The molecule has 7 rings (SSSR count). The third-order valence-corrected chi connectivity index (χ3v) is 17.3. The van der Waals surface area contributed by atoms with Crippen LogP contribution in [0.25, 0.3) is 16.7 Å². The second kappa shape index (κ2) is 23.5. The molecule has 0 radical (unpaired) electrons. The molecule has 4 aromatic rings. The number of imidazole rings is 1. The number of hydrogen-bond donors (Lipinski definition) is 6. The largest absolute Gasteiger partial charge is 0.756 e. The van der Waals surface area contributed by atoms with Crippen molar-refractivity contribution in [1.82, 2.24) is 29.7 Å². The molecular formula is C48H64N9O15P3. The summed E-state index contributed by atoms with van der Waals surface area (Å²) in [5.41, 5.74) is 14.7. The molecule has 0 saturated carbocycles. The zero-order valence-electron chi connectivity index (χ0n) is 42.6. The van der Waals surface area contributed by atoms with Gasteiger partial charge in [-0.15, -0.1) is 0 Å².